The molecule has 0 saturated heterocycles. The second kappa shape index (κ2) is 3.54. The topological polar surface area (TPSA) is 34.1 Å². The monoisotopic (exact) mass is 208 g/mol. The van der Waals surface area contributed by atoms with Crippen molar-refractivity contribution in [1.82, 2.24) is 0 Å². The Morgan fingerprint density at radius 3 is 2.93 bits per heavy atom. The van der Waals surface area contributed by atoms with Gasteiger partial charge in [-0.2, -0.15) is 0 Å². The van der Waals surface area contributed by atoms with E-state index in [1.165, 1.54) is 0 Å². The van der Waals surface area contributed by atoms with Crippen LogP contribution in [0.4, 0.5) is 0 Å². The molecule has 0 amide bonds. The van der Waals surface area contributed by atoms with Gasteiger partial charge in [-0.15, -0.1) is 0 Å². The molecule has 0 N–H and O–H groups in total. The van der Waals surface area contributed by atoms with Crippen LogP contribution in [-0.2, 0) is 11.2 Å². The predicted molar refractivity (Wildman–Crippen MR) is 53.7 cm³/mol. The van der Waals surface area contributed by atoms with Crippen LogP contribution in [0.15, 0.2) is 18.2 Å². The SMILES string of the molecule is O=CC[C@@H]1Cc2c(Cl)cccc2C1=O. The van der Waals surface area contributed by atoms with Crippen molar-refractivity contribution in [1.29, 1.82) is 0 Å². The van der Waals surface area contributed by atoms with Crippen LogP contribution in [0.25, 0.3) is 0 Å². The Balaban J connectivity index is 2.40. The molecule has 0 aromatic heterocycles. The van der Waals surface area contributed by atoms with E-state index in [-0.39, 0.29) is 11.7 Å². The molecule has 1 aromatic rings. The van der Waals surface area contributed by atoms with E-state index in [9.17, 15) is 9.59 Å². The molecule has 1 atom stereocenters. The first-order valence-corrected chi connectivity index (χ1v) is 4.87. The van der Waals surface area contributed by atoms with E-state index in [4.69, 9.17) is 11.6 Å². The van der Waals surface area contributed by atoms with E-state index >= 15 is 0 Å². The number of benzene rings is 1. The lowest BCUT2D eigenvalue weighted by Gasteiger charge is -1.99. The number of fused-ring (bicyclic) bond motifs is 1. The molecular formula is C11H9ClO2. The van der Waals surface area contributed by atoms with Crippen LogP contribution >= 0.6 is 11.6 Å². The van der Waals surface area contributed by atoms with Crippen LogP contribution in [0.2, 0.25) is 5.02 Å². The van der Waals surface area contributed by atoms with Crippen molar-refractivity contribution in [2.24, 2.45) is 5.92 Å². The third-order valence-electron chi connectivity index (χ3n) is 2.59. The highest BCUT2D eigenvalue weighted by atomic mass is 35.5. The van der Waals surface area contributed by atoms with E-state index in [0.29, 0.717) is 23.4 Å². The molecule has 0 spiro atoms. The summed E-state index contributed by atoms with van der Waals surface area (Å²) in [6, 6.07) is 5.31. The number of carbonyl (C=O) groups is 2. The smallest absolute Gasteiger partial charge is 0.167 e. The van der Waals surface area contributed by atoms with Gasteiger partial charge in [0.2, 0.25) is 0 Å². The number of hydrogen-bond donors (Lipinski definition) is 0. The quantitative estimate of drug-likeness (QED) is 0.699. The van der Waals surface area contributed by atoms with Crippen LogP contribution in [0, 0.1) is 5.92 Å². The number of Topliss-reactive ketones (excluding diaryl/α,β-unsaturated/α-hetero) is 1. The maximum atomic E-state index is 11.7. The third kappa shape index (κ3) is 1.36. The van der Waals surface area contributed by atoms with Gasteiger partial charge in [0.15, 0.2) is 5.78 Å². The molecule has 0 unspecified atom stereocenters. The number of hydrogen-bond acceptors (Lipinski definition) is 2. The van der Waals surface area contributed by atoms with Crippen molar-refractivity contribution in [3.63, 3.8) is 0 Å². The fourth-order valence-electron chi connectivity index (χ4n) is 1.86. The molecule has 2 nitrogen and oxygen atoms in total. The fourth-order valence-corrected chi connectivity index (χ4v) is 2.11. The third-order valence-corrected chi connectivity index (χ3v) is 2.94. The molecule has 72 valence electrons. The van der Waals surface area contributed by atoms with Gasteiger partial charge in [-0.3, -0.25) is 4.79 Å². The van der Waals surface area contributed by atoms with Crippen molar-refractivity contribution < 1.29 is 9.59 Å². The largest absolute Gasteiger partial charge is 0.303 e. The number of halogens is 1. The van der Waals surface area contributed by atoms with Crippen LogP contribution in [0.5, 0.6) is 0 Å². The molecule has 0 aliphatic heterocycles. The highest BCUT2D eigenvalue weighted by Gasteiger charge is 2.31. The Kier molecular flexibility index (Phi) is 2.38. The molecule has 3 heteroatoms. The van der Waals surface area contributed by atoms with Gasteiger partial charge in [0.1, 0.15) is 6.29 Å². The summed E-state index contributed by atoms with van der Waals surface area (Å²) in [6.07, 6.45) is 1.69. The van der Waals surface area contributed by atoms with Crippen molar-refractivity contribution in [2.45, 2.75) is 12.8 Å². The lowest BCUT2D eigenvalue weighted by Crippen LogP contribution is -2.08. The van der Waals surface area contributed by atoms with Gasteiger partial charge >= 0.3 is 0 Å². The zero-order valence-corrected chi connectivity index (χ0v) is 8.25. The van der Waals surface area contributed by atoms with Gasteiger partial charge in [0, 0.05) is 22.9 Å². The first kappa shape index (κ1) is 9.41. The van der Waals surface area contributed by atoms with E-state index in [2.05, 4.69) is 0 Å². The van der Waals surface area contributed by atoms with Gasteiger partial charge in [0.25, 0.3) is 0 Å². The molecular weight excluding hydrogens is 200 g/mol. The zero-order chi connectivity index (χ0) is 10.1. The van der Waals surface area contributed by atoms with E-state index in [1.54, 1.807) is 18.2 Å². The van der Waals surface area contributed by atoms with Crippen LogP contribution in [-0.4, -0.2) is 12.1 Å². The molecule has 0 radical (unpaired) electrons. The van der Waals surface area contributed by atoms with E-state index < -0.39 is 0 Å². The number of aldehydes is 1. The highest BCUT2D eigenvalue weighted by Crippen LogP contribution is 2.32. The molecule has 1 aliphatic rings. The van der Waals surface area contributed by atoms with Crippen molar-refractivity contribution in [3.8, 4) is 0 Å². The minimum Gasteiger partial charge on any atom is -0.303 e. The summed E-state index contributed by atoms with van der Waals surface area (Å²) in [5.74, 6) is -0.142. The number of rotatable bonds is 2. The van der Waals surface area contributed by atoms with Crippen molar-refractivity contribution in [3.05, 3.63) is 34.3 Å². The first-order valence-electron chi connectivity index (χ1n) is 4.49. The lowest BCUT2D eigenvalue weighted by molar-refractivity contribution is -0.108. The summed E-state index contributed by atoms with van der Waals surface area (Å²) in [7, 11) is 0. The Morgan fingerprint density at radius 2 is 2.29 bits per heavy atom. The lowest BCUT2D eigenvalue weighted by atomic mass is 10.0. The van der Waals surface area contributed by atoms with Crippen LogP contribution < -0.4 is 0 Å². The summed E-state index contributed by atoms with van der Waals surface area (Å²) in [5.41, 5.74) is 1.58. The first-order chi connectivity index (χ1) is 6.74. The molecule has 0 heterocycles. The second-order valence-corrected chi connectivity index (χ2v) is 3.84. The van der Waals surface area contributed by atoms with Crippen molar-refractivity contribution >= 4 is 23.7 Å². The Bertz CT molecular complexity index is 398. The highest BCUT2D eigenvalue weighted by molar-refractivity contribution is 6.32. The Labute approximate surface area is 86.9 Å². The molecule has 0 saturated carbocycles. The maximum Gasteiger partial charge on any atom is 0.167 e. The standard InChI is InChI=1S/C11H9ClO2/c12-10-3-1-2-8-9(10)6-7(4-5-13)11(8)14/h1-3,5,7H,4,6H2/t7-/m1/s1. The van der Waals surface area contributed by atoms with Gasteiger partial charge in [0.05, 0.1) is 0 Å². The van der Waals surface area contributed by atoms with Gasteiger partial charge < -0.3 is 4.79 Å². The summed E-state index contributed by atoms with van der Waals surface area (Å²) >= 11 is 5.96. The molecule has 0 fully saturated rings. The Morgan fingerprint density at radius 1 is 1.50 bits per heavy atom. The van der Waals surface area contributed by atoms with Crippen LogP contribution in [0.1, 0.15) is 22.3 Å². The number of carbonyl (C=O) groups excluding carboxylic acids is 2. The average Bonchev–Trinajstić information content (AvgIpc) is 2.48. The summed E-state index contributed by atoms with van der Waals surface area (Å²) in [4.78, 5) is 22.1. The minimum absolute atomic E-state index is 0.0506. The van der Waals surface area contributed by atoms with Gasteiger partial charge in [-0.1, -0.05) is 23.7 Å². The van der Waals surface area contributed by atoms with Crippen LogP contribution in [0.3, 0.4) is 0 Å². The van der Waals surface area contributed by atoms with E-state index in [0.717, 1.165) is 11.8 Å². The van der Waals surface area contributed by atoms with Gasteiger partial charge in [-0.25, -0.2) is 0 Å². The normalized spacial score (nSPS) is 19.5. The van der Waals surface area contributed by atoms with E-state index in [1.807, 2.05) is 0 Å². The zero-order valence-electron chi connectivity index (χ0n) is 7.50. The summed E-state index contributed by atoms with van der Waals surface area (Å²) in [5, 5.41) is 0.629. The molecule has 2 rings (SSSR count). The maximum absolute atomic E-state index is 11.7. The molecule has 0 bridgehead atoms. The predicted octanol–water partition coefficient (Wildman–Crippen LogP) is 2.28. The average molecular weight is 209 g/mol. The fraction of sp³-hybridized carbons (Fsp3) is 0.273. The molecule has 14 heavy (non-hydrogen) atoms. The Hall–Kier alpha value is -1.15. The van der Waals surface area contributed by atoms with Crippen molar-refractivity contribution in [2.75, 3.05) is 0 Å². The number of ketones is 1. The molecule has 1 aliphatic carbocycles. The summed E-state index contributed by atoms with van der Waals surface area (Å²) < 4.78 is 0. The minimum atomic E-state index is -0.192. The van der Waals surface area contributed by atoms with Gasteiger partial charge in [-0.05, 0) is 18.1 Å². The summed E-state index contributed by atoms with van der Waals surface area (Å²) in [6.45, 7) is 0. The second-order valence-electron chi connectivity index (χ2n) is 3.43. The molecule has 1 aromatic carbocycles.